The average molecular weight is 373 g/mol. The van der Waals surface area contributed by atoms with Crippen molar-refractivity contribution in [1.82, 2.24) is 14.9 Å². The molecule has 0 aliphatic carbocycles. The van der Waals surface area contributed by atoms with E-state index in [0.717, 1.165) is 6.92 Å². The highest BCUT2D eigenvalue weighted by Gasteiger charge is 2.32. The number of nitrogens with zero attached hydrogens (tertiary/aromatic N) is 3. The number of carbonyl (C=O) groups is 1. The van der Waals surface area contributed by atoms with Crippen molar-refractivity contribution in [1.29, 1.82) is 0 Å². The number of halogens is 2. The third kappa shape index (κ3) is 4.27. The van der Waals surface area contributed by atoms with Crippen LogP contribution in [0, 0.1) is 11.8 Å². The summed E-state index contributed by atoms with van der Waals surface area (Å²) in [5.41, 5.74) is 0.593. The SMILES string of the molecule is CC(F)(F)c1ccccc1-c1cnc(C#CC(=O)N2C[C@@H](O)[C@@H](O)C2)cn1. The topological polar surface area (TPSA) is 86.6 Å². The Hall–Kier alpha value is -2.89. The molecule has 0 unspecified atom stereocenters. The normalized spacial score (nSPS) is 19.5. The third-order valence-electron chi connectivity index (χ3n) is 4.17. The van der Waals surface area contributed by atoms with Gasteiger partial charge < -0.3 is 15.1 Å². The predicted octanol–water partition coefficient (Wildman–Crippen LogP) is 1.17. The highest BCUT2D eigenvalue weighted by atomic mass is 19.3. The zero-order chi connectivity index (χ0) is 19.6. The number of rotatable bonds is 2. The molecule has 0 spiro atoms. The summed E-state index contributed by atoms with van der Waals surface area (Å²) < 4.78 is 27.5. The number of hydrogen-bond donors (Lipinski definition) is 2. The largest absolute Gasteiger partial charge is 0.388 e. The minimum absolute atomic E-state index is 0.0152. The van der Waals surface area contributed by atoms with Crippen LogP contribution in [0.25, 0.3) is 11.3 Å². The van der Waals surface area contributed by atoms with Gasteiger partial charge in [-0.3, -0.25) is 9.78 Å². The molecule has 2 aromatic rings. The number of likely N-dealkylation sites (tertiary alicyclic amines) is 1. The monoisotopic (exact) mass is 373 g/mol. The van der Waals surface area contributed by atoms with Crippen molar-refractivity contribution < 1.29 is 23.8 Å². The van der Waals surface area contributed by atoms with Crippen LogP contribution in [0.3, 0.4) is 0 Å². The Balaban J connectivity index is 1.77. The van der Waals surface area contributed by atoms with Crippen LogP contribution < -0.4 is 0 Å². The molecule has 1 fully saturated rings. The molecule has 2 N–H and O–H groups in total. The number of aliphatic hydroxyl groups excluding tert-OH is 2. The van der Waals surface area contributed by atoms with E-state index >= 15 is 0 Å². The summed E-state index contributed by atoms with van der Waals surface area (Å²) in [4.78, 5) is 21.4. The first-order chi connectivity index (χ1) is 12.8. The van der Waals surface area contributed by atoms with Gasteiger partial charge in [0, 0.05) is 24.0 Å². The number of carbonyl (C=O) groups excluding carboxylic acids is 1. The molecular formula is C19H17F2N3O3. The smallest absolute Gasteiger partial charge is 0.299 e. The van der Waals surface area contributed by atoms with Crippen LogP contribution in [0.4, 0.5) is 8.78 Å². The molecule has 1 aliphatic rings. The second kappa shape index (κ2) is 7.39. The molecule has 0 radical (unpaired) electrons. The zero-order valence-corrected chi connectivity index (χ0v) is 14.4. The van der Waals surface area contributed by atoms with Crippen LogP contribution in [0.1, 0.15) is 18.2 Å². The average Bonchev–Trinajstić information content (AvgIpc) is 2.98. The van der Waals surface area contributed by atoms with Crippen molar-refractivity contribution in [3.05, 3.63) is 47.9 Å². The maximum absolute atomic E-state index is 13.7. The maximum Gasteiger partial charge on any atom is 0.299 e. The summed E-state index contributed by atoms with van der Waals surface area (Å²) in [5.74, 6) is 1.35. The molecule has 27 heavy (non-hydrogen) atoms. The fourth-order valence-corrected chi connectivity index (χ4v) is 2.75. The lowest BCUT2D eigenvalue weighted by Gasteiger charge is -2.15. The van der Waals surface area contributed by atoms with Crippen LogP contribution in [0.2, 0.25) is 0 Å². The van der Waals surface area contributed by atoms with Crippen LogP contribution in [0.5, 0.6) is 0 Å². The van der Waals surface area contributed by atoms with Gasteiger partial charge in [-0.1, -0.05) is 24.3 Å². The fourth-order valence-electron chi connectivity index (χ4n) is 2.75. The Labute approximate surface area is 154 Å². The van der Waals surface area contributed by atoms with E-state index in [-0.39, 0.29) is 35.6 Å². The number of benzene rings is 1. The molecule has 1 aromatic heterocycles. The van der Waals surface area contributed by atoms with Crippen molar-refractivity contribution in [2.75, 3.05) is 13.1 Å². The Bertz CT molecular complexity index is 891. The van der Waals surface area contributed by atoms with Gasteiger partial charge in [-0.2, -0.15) is 0 Å². The standard InChI is InChI=1S/C19H17F2N3O3/c1-19(20,21)14-5-3-2-4-13(14)15-9-22-12(8-23-15)6-7-18(27)24-10-16(25)17(26)11-24/h2-5,8-9,16-17,25-26H,10-11H2,1H3/t16-,17+. The first-order valence-corrected chi connectivity index (χ1v) is 8.22. The molecule has 3 rings (SSSR count). The van der Waals surface area contributed by atoms with Gasteiger partial charge in [0.2, 0.25) is 0 Å². The fraction of sp³-hybridized carbons (Fsp3) is 0.316. The van der Waals surface area contributed by atoms with Gasteiger partial charge in [0.1, 0.15) is 5.69 Å². The van der Waals surface area contributed by atoms with Gasteiger partial charge in [-0.05, 0) is 5.92 Å². The van der Waals surface area contributed by atoms with Crippen molar-refractivity contribution >= 4 is 5.91 Å². The Kier molecular flexibility index (Phi) is 5.17. The highest BCUT2D eigenvalue weighted by Crippen LogP contribution is 2.34. The van der Waals surface area contributed by atoms with Crippen molar-refractivity contribution in [3.8, 4) is 23.1 Å². The Morgan fingerprint density at radius 2 is 1.85 bits per heavy atom. The van der Waals surface area contributed by atoms with Crippen molar-refractivity contribution in [2.45, 2.75) is 25.1 Å². The summed E-state index contributed by atoms with van der Waals surface area (Å²) in [6.07, 6.45) is 0.661. The lowest BCUT2D eigenvalue weighted by molar-refractivity contribution is -0.124. The molecule has 1 amide bonds. The summed E-state index contributed by atoms with van der Waals surface area (Å²) in [6, 6.07) is 6.04. The Morgan fingerprint density at radius 1 is 1.19 bits per heavy atom. The summed E-state index contributed by atoms with van der Waals surface area (Å²) in [7, 11) is 0. The minimum atomic E-state index is -3.02. The van der Waals surface area contributed by atoms with E-state index in [9.17, 15) is 23.8 Å². The molecule has 2 atom stereocenters. The quantitative estimate of drug-likeness (QED) is 0.772. The number of aromatic nitrogens is 2. The van der Waals surface area contributed by atoms with Crippen LogP contribution in [0.15, 0.2) is 36.7 Å². The zero-order valence-electron chi connectivity index (χ0n) is 14.4. The van der Waals surface area contributed by atoms with Gasteiger partial charge in [-0.25, -0.2) is 13.8 Å². The molecule has 140 valence electrons. The molecule has 1 aliphatic heterocycles. The number of alkyl halides is 2. The van der Waals surface area contributed by atoms with E-state index < -0.39 is 24.0 Å². The second-order valence-corrected chi connectivity index (χ2v) is 6.32. The van der Waals surface area contributed by atoms with E-state index in [2.05, 4.69) is 21.8 Å². The summed E-state index contributed by atoms with van der Waals surface area (Å²) >= 11 is 0. The van der Waals surface area contributed by atoms with Crippen LogP contribution in [-0.4, -0.2) is 56.3 Å². The van der Waals surface area contributed by atoms with Crippen molar-refractivity contribution in [3.63, 3.8) is 0 Å². The molecule has 6 nitrogen and oxygen atoms in total. The van der Waals surface area contributed by atoms with Gasteiger partial charge in [-0.15, -0.1) is 0 Å². The van der Waals surface area contributed by atoms with Gasteiger partial charge >= 0.3 is 0 Å². The highest BCUT2D eigenvalue weighted by molar-refractivity contribution is 5.94. The molecule has 1 aromatic carbocycles. The number of hydrogen-bond acceptors (Lipinski definition) is 5. The summed E-state index contributed by atoms with van der Waals surface area (Å²) in [5, 5.41) is 18.9. The van der Waals surface area contributed by atoms with E-state index in [0.29, 0.717) is 0 Å². The van der Waals surface area contributed by atoms with E-state index in [1.165, 1.54) is 35.5 Å². The van der Waals surface area contributed by atoms with E-state index in [1.54, 1.807) is 6.07 Å². The van der Waals surface area contributed by atoms with Gasteiger partial charge in [0.15, 0.2) is 0 Å². The lowest BCUT2D eigenvalue weighted by atomic mass is 10.0. The third-order valence-corrected chi connectivity index (χ3v) is 4.17. The first-order valence-electron chi connectivity index (χ1n) is 8.22. The van der Waals surface area contributed by atoms with Crippen LogP contribution >= 0.6 is 0 Å². The molecule has 2 heterocycles. The Morgan fingerprint density at radius 3 is 2.44 bits per heavy atom. The second-order valence-electron chi connectivity index (χ2n) is 6.32. The molecule has 0 bridgehead atoms. The van der Waals surface area contributed by atoms with E-state index in [4.69, 9.17) is 0 Å². The minimum Gasteiger partial charge on any atom is -0.388 e. The molecular weight excluding hydrogens is 356 g/mol. The number of aliphatic hydroxyl groups is 2. The van der Waals surface area contributed by atoms with Crippen molar-refractivity contribution in [2.24, 2.45) is 0 Å². The molecule has 0 saturated carbocycles. The lowest BCUT2D eigenvalue weighted by Crippen LogP contribution is -2.28. The van der Waals surface area contributed by atoms with Gasteiger partial charge in [0.05, 0.1) is 43.4 Å². The number of β-amino-alcohol motifs (C(OH)–C–C–N with tert-alkyl or cyclic N) is 2. The predicted molar refractivity (Wildman–Crippen MR) is 92.5 cm³/mol. The summed E-state index contributed by atoms with van der Waals surface area (Å²) in [6.45, 7) is 0.847. The number of amides is 1. The first kappa shape index (κ1) is 18.9. The van der Waals surface area contributed by atoms with Gasteiger partial charge in [0.25, 0.3) is 11.8 Å². The molecule has 1 saturated heterocycles. The van der Waals surface area contributed by atoms with E-state index in [1.807, 2.05) is 0 Å². The van der Waals surface area contributed by atoms with Crippen LogP contribution in [-0.2, 0) is 10.7 Å². The maximum atomic E-state index is 13.7. The molecule has 8 heteroatoms.